The number of anilines is 1. The number of halogens is 1. The van der Waals surface area contributed by atoms with Gasteiger partial charge in [-0.3, -0.25) is 25.0 Å². The van der Waals surface area contributed by atoms with Gasteiger partial charge in [-0.2, -0.15) is 0 Å². The van der Waals surface area contributed by atoms with Crippen LogP contribution in [-0.4, -0.2) is 36.5 Å². The largest absolute Gasteiger partial charge is 0.493 e. The summed E-state index contributed by atoms with van der Waals surface area (Å²) in [6.45, 7) is 2.12. The quantitative estimate of drug-likeness (QED) is 0.312. The van der Waals surface area contributed by atoms with Gasteiger partial charge >= 0.3 is 6.03 Å². The number of hydrogen-bond donors (Lipinski definition) is 1. The molecule has 0 spiro atoms. The van der Waals surface area contributed by atoms with Crippen LogP contribution in [0.25, 0.3) is 6.08 Å². The predicted molar refractivity (Wildman–Crippen MR) is 111 cm³/mol. The maximum Gasteiger partial charge on any atom is 0.335 e. The minimum absolute atomic E-state index is 0.0580. The molecule has 0 unspecified atom stereocenters. The average molecular weight is 446 g/mol. The third-order valence-electron chi connectivity index (χ3n) is 4.25. The highest BCUT2D eigenvalue weighted by Crippen LogP contribution is 2.37. The van der Waals surface area contributed by atoms with Crippen molar-refractivity contribution in [3.8, 4) is 11.5 Å². The van der Waals surface area contributed by atoms with Gasteiger partial charge in [0.15, 0.2) is 11.5 Å². The molecule has 3 rings (SSSR count). The molecule has 0 aromatic heterocycles. The summed E-state index contributed by atoms with van der Waals surface area (Å²) in [4.78, 5) is 48.6. The van der Waals surface area contributed by atoms with Crippen LogP contribution in [0.1, 0.15) is 12.5 Å². The van der Waals surface area contributed by atoms with Crippen LogP contribution in [0.3, 0.4) is 0 Å². The third-order valence-corrected chi connectivity index (χ3v) is 4.53. The zero-order valence-corrected chi connectivity index (χ0v) is 17.1. The van der Waals surface area contributed by atoms with Crippen LogP contribution in [0.15, 0.2) is 42.0 Å². The maximum atomic E-state index is 13.0. The topological polar surface area (TPSA) is 128 Å². The summed E-state index contributed by atoms with van der Waals surface area (Å²) >= 11 is 6.23. The number of hydrogen-bond acceptors (Lipinski definition) is 7. The molecular weight excluding hydrogens is 430 g/mol. The number of imide groups is 2. The van der Waals surface area contributed by atoms with Gasteiger partial charge in [0.2, 0.25) is 0 Å². The molecule has 2 aromatic rings. The number of nitrogens with one attached hydrogen (secondary N) is 1. The van der Waals surface area contributed by atoms with Crippen LogP contribution in [0.4, 0.5) is 16.2 Å². The average Bonchev–Trinajstić information content (AvgIpc) is 2.73. The number of ether oxygens (including phenoxy) is 2. The Balaban J connectivity index is 2.04. The van der Waals surface area contributed by atoms with Gasteiger partial charge < -0.3 is 9.47 Å². The van der Waals surface area contributed by atoms with Crippen molar-refractivity contribution in [3.05, 3.63) is 62.7 Å². The Bertz CT molecular complexity index is 1130. The molecule has 1 N–H and O–H groups in total. The van der Waals surface area contributed by atoms with Crippen LogP contribution in [0, 0.1) is 10.1 Å². The summed E-state index contributed by atoms with van der Waals surface area (Å²) in [5.74, 6) is -1.27. The second kappa shape index (κ2) is 8.84. The molecule has 1 heterocycles. The summed E-state index contributed by atoms with van der Waals surface area (Å²) in [7, 11) is 1.41. The van der Waals surface area contributed by atoms with E-state index in [1.807, 2.05) is 0 Å². The Kier molecular flexibility index (Phi) is 6.21. The Labute approximate surface area is 181 Å². The van der Waals surface area contributed by atoms with Gasteiger partial charge in [0.1, 0.15) is 5.57 Å². The number of methoxy groups -OCH3 is 1. The normalized spacial score (nSPS) is 15.1. The zero-order valence-electron chi connectivity index (χ0n) is 16.4. The van der Waals surface area contributed by atoms with Crippen LogP contribution >= 0.6 is 11.6 Å². The van der Waals surface area contributed by atoms with Crippen molar-refractivity contribution in [2.45, 2.75) is 6.92 Å². The SMILES string of the molecule is CCOc1c(Cl)cc(/C=C2\C(=O)NC(=O)N(c3cccc([N+](=O)[O-])c3)C2=O)cc1OC. The highest BCUT2D eigenvalue weighted by atomic mass is 35.5. The van der Waals surface area contributed by atoms with Gasteiger partial charge in [0.25, 0.3) is 17.5 Å². The second-order valence-electron chi connectivity index (χ2n) is 6.20. The van der Waals surface area contributed by atoms with E-state index in [4.69, 9.17) is 21.1 Å². The molecule has 0 saturated carbocycles. The molecule has 0 aliphatic carbocycles. The van der Waals surface area contributed by atoms with Crippen molar-refractivity contribution >= 4 is 46.9 Å². The first kappa shape index (κ1) is 21.8. The van der Waals surface area contributed by atoms with Gasteiger partial charge in [-0.25, -0.2) is 9.69 Å². The molecule has 0 radical (unpaired) electrons. The van der Waals surface area contributed by atoms with Crippen LogP contribution in [0.5, 0.6) is 11.5 Å². The van der Waals surface area contributed by atoms with Gasteiger partial charge in [-0.05, 0) is 36.8 Å². The molecule has 31 heavy (non-hydrogen) atoms. The molecule has 2 aromatic carbocycles. The number of barbiturate groups is 1. The third kappa shape index (κ3) is 4.33. The molecule has 1 saturated heterocycles. The molecule has 1 fully saturated rings. The molecule has 4 amide bonds. The smallest absolute Gasteiger partial charge is 0.335 e. The number of urea groups is 1. The Morgan fingerprint density at radius 1 is 1.23 bits per heavy atom. The number of carbonyl (C=O) groups excluding carboxylic acids is 3. The van der Waals surface area contributed by atoms with Crippen LogP contribution in [0.2, 0.25) is 5.02 Å². The highest BCUT2D eigenvalue weighted by Gasteiger charge is 2.37. The van der Waals surface area contributed by atoms with Crippen molar-refractivity contribution < 1.29 is 28.8 Å². The molecule has 1 aliphatic heterocycles. The van der Waals surface area contributed by atoms with Crippen LogP contribution < -0.4 is 19.7 Å². The van der Waals surface area contributed by atoms with Crippen molar-refractivity contribution in [2.75, 3.05) is 18.6 Å². The minimum Gasteiger partial charge on any atom is -0.493 e. The van der Waals surface area contributed by atoms with E-state index in [0.29, 0.717) is 22.8 Å². The molecule has 0 atom stereocenters. The van der Waals surface area contributed by atoms with E-state index >= 15 is 0 Å². The molecule has 1 aliphatic rings. The summed E-state index contributed by atoms with van der Waals surface area (Å²) in [6.07, 6.45) is 1.23. The lowest BCUT2D eigenvalue weighted by Crippen LogP contribution is -2.54. The van der Waals surface area contributed by atoms with Crippen molar-refractivity contribution in [1.82, 2.24) is 5.32 Å². The van der Waals surface area contributed by atoms with E-state index in [9.17, 15) is 24.5 Å². The van der Waals surface area contributed by atoms with E-state index in [1.54, 1.807) is 6.92 Å². The lowest BCUT2D eigenvalue weighted by molar-refractivity contribution is -0.384. The molecule has 0 bridgehead atoms. The summed E-state index contributed by atoms with van der Waals surface area (Å²) in [5.41, 5.74) is -0.397. The first-order valence-electron chi connectivity index (χ1n) is 8.93. The van der Waals surface area contributed by atoms with Crippen LogP contribution in [-0.2, 0) is 9.59 Å². The zero-order chi connectivity index (χ0) is 22.7. The van der Waals surface area contributed by atoms with Gasteiger partial charge in [0, 0.05) is 12.1 Å². The van der Waals surface area contributed by atoms with Crippen molar-refractivity contribution in [2.24, 2.45) is 0 Å². The molecule has 11 heteroatoms. The molecular formula is C20H16ClN3O7. The standard InChI is InChI=1S/C20H16ClN3O7/c1-3-31-17-15(21)8-11(9-16(17)30-2)7-14-18(25)22-20(27)23(19(14)26)12-5-4-6-13(10-12)24(28)29/h4-10H,3H2,1-2H3,(H,22,25,27)/b14-7+. The molecule has 160 valence electrons. The lowest BCUT2D eigenvalue weighted by Gasteiger charge is -2.26. The number of non-ortho nitro benzene ring substituents is 1. The summed E-state index contributed by atoms with van der Waals surface area (Å²) in [6, 6.07) is 6.90. The van der Waals surface area contributed by atoms with Gasteiger partial charge in [0.05, 0.1) is 29.4 Å². The number of nitrogens with zero attached hydrogens (tertiary/aromatic N) is 2. The highest BCUT2D eigenvalue weighted by molar-refractivity contribution is 6.39. The Morgan fingerprint density at radius 2 is 1.97 bits per heavy atom. The number of amides is 4. The fourth-order valence-corrected chi connectivity index (χ4v) is 3.19. The predicted octanol–water partition coefficient (Wildman–Crippen LogP) is 3.32. The Hall–Kier alpha value is -3.92. The number of nitro benzene ring substituents is 1. The van der Waals surface area contributed by atoms with E-state index in [2.05, 4.69) is 5.32 Å². The number of carbonyl (C=O) groups is 3. The van der Waals surface area contributed by atoms with E-state index in [0.717, 1.165) is 6.07 Å². The maximum absolute atomic E-state index is 13.0. The minimum atomic E-state index is -1.02. The number of nitro groups is 1. The Morgan fingerprint density at radius 3 is 2.61 bits per heavy atom. The first-order valence-corrected chi connectivity index (χ1v) is 9.30. The second-order valence-corrected chi connectivity index (χ2v) is 6.61. The van der Waals surface area contributed by atoms with E-state index in [1.165, 1.54) is 43.5 Å². The number of rotatable bonds is 6. The van der Waals surface area contributed by atoms with E-state index < -0.39 is 22.8 Å². The van der Waals surface area contributed by atoms with Crippen molar-refractivity contribution in [3.63, 3.8) is 0 Å². The van der Waals surface area contributed by atoms with Gasteiger partial charge in [-0.15, -0.1) is 0 Å². The fourth-order valence-electron chi connectivity index (χ4n) is 2.91. The lowest BCUT2D eigenvalue weighted by atomic mass is 10.1. The molecule has 10 nitrogen and oxygen atoms in total. The van der Waals surface area contributed by atoms with Crippen molar-refractivity contribution in [1.29, 1.82) is 0 Å². The van der Waals surface area contributed by atoms with E-state index in [-0.39, 0.29) is 27.7 Å². The fraction of sp³-hybridized carbons (Fsp3) is 0.150. The first-order chi connectivity index (χ1) is 14.8. The summed E-state index contributed by atoms with van der Waals surface area (Å²) < 4.78 is 10.7. The number of benzene rings is 2. The monoisotopic (exact) mass is 445 g/mol. The summed E-state index contributed by atoms with van der Waals surface area (Å²) in [5, 5.41) is 13.3. The van der Waals surface area contributed by atoms with Gasteiger partial charge in [-0.1, -0.05) is 17.7 Å².